The number of amides is 1. The Bertz CT molecular complexity index is 359. The SMILES string of the molecule is CCCCCCCCCCCCCC(=O)NC(CC)OP(=O)(O)O. The molecular formula is C17H36NO5P. The van der Waals surface area contributed by atoms with E-state index in [0.717, 1.165) is 19.3 Å². The molecule has 0 saturated heterocycles. The molecule has 0 aromatic rings. The van der Waals surface area contributed by atoms with Crippen LogP contribution in [-0.2, 0) is 13.9 Å². The number of rotatable bonds is 16. The van der Waals surface area contributed by atoms with Crippen LogP contribution in [0.1, 0.15) is 97.3 Å². The van der Waals surface area contributed by atoms with Crippen molar-refractivity contribution in [2.75, 3.05) is 0 Å². The summed E-state index contributed by atoms with van der Waals surface area (Å²) in [5.41, 5.74) is 0. The maximum Gasteiger partial charge on any atom is 0.471 e. The summed E-state index contributed by atoms with van der Waals surface area (Å²) in [7, 11) is -4.57. The number of carbonyl (C=O) groups excluding carboxylic acids is 1. The lowest BCUT2D eigenvalue weighted by Gasteiger charge is -2.17. The zero-order valence-corrected chi connectivity index (χ0v) is 16.2. The number of hydrogen-bond acceptors (Lipinski definition) is 3. The molecule has 1 amide bonds. The van der Waals surface area contributed by atoms with E-state index in [1.54, 1.807) is 6.92 Å². The maximum absolute atomic E-state index is 11.7. The molecule has 1 atom stereocenters. The predicted octanol–water partition coefficient (Wildman–Crippen LogP) is 4.65. The van der Waals surface area contributed by atoms with Crippen LogP contribution in [0.25, 0.3) is 0 Å². The second kappa shape index (κ2) is 14.9. The van der Waals surface area contributed by atoms with E-state index in [1.165, 1.54) is 51.4 Å². The molecule has 0 aliphatic heterocycles. The quantitative estimate of drug-likeness (QED) is 0.210. The maximum atomic E-state index is 11.7. The van der Waals surface area contributed by atoms with Gasteiger partial charge in [-0.1, -0.05) is 78.1 Å². The van der Waals surface area contributed by atoms with Gasteiger partial charge in [0.2, 0.25) is 5.91 Å². The highest BCUT2D eigenvalue weighted by molar-refractivity contribution is 7.46. The fourth-order valence-electron chi connectivity index (χ4n) is 2.57. The molecule has 0 aromatic heterocycles. The second-order valence-electron chi connectivity index (χ2n) is 6.35. The average Bonchev–Trinajstić information content (AvgIpc) is 2.50. The number of hydrogen-bond donors (Lipinski definition) is 3. The van der Waals surface area contributed by atoms with E-state index in [0.29, 0.717) is 12.8 Å². The third kappa shape index (κ3) is 16.4. The van der Waals surface area contributed by atoms with Crippen molar-refractivity contribution in [3.8, 4) is 0 Å². The van der Waals surface area contributed by atoms with Crippen molar-refractivity contribution in [2.24, 2.45) is 0 Å². The van der Waals surface area contributed by atoms with Crippen molar-refractivity contribution in [3.63, 3.8) is 0 Å². The van der Waals surface area contributed by atoms with Crippen molar-refractivity contribution in [1.29, 1.82) is 0 Å². The van der Waals surface area contributed by atoms with Crippen LogP contribution in [0.5, 0.6) is 0 Å². The first-order valence-electron chi connectivity index (χ1n) is 9.42. The van der Waals surface area contributed by atoms with Crippen molar-refractivity contribution in [2.45, 2.75) is 104 Å². The normalized spacial score (nSPS) is 13.0. The Morgan fingerprint density at radius 1 is 0.917 bits per heavy atom. The molecular weight excluding hydrogens is 329 g/mol. The highest BCUT2D eigenvalue weighted by Crippen LogP contribution is 2.37. The number of phosphoric acid groups is 1. The molecule has 6 nitrogen and oxygen atoms in total. The highest BCUT2D eigenvalue weighted by atomic mass is 31.2. The zero-order valence-electron chi connectivity index (χ0n) is 15.3. The molecule has 0 heterocycles. The standard InChI is InChI=1S/C17H36NO5P/c1-3-5-6-7-8-9-10-11-12-13-14-15-16(19)18-17(4-2)23-24(20,21)22/h17H,3-15H2,1-2H3,(H,18,19)(H2,20,21,22). The van der Waals surface area contributed by atoms with Gasteiger partial charge in [0.25, 0.3) is 0 Å². The minimum absolute atomic E-state index is 0.216. The van der Waals surface area contributed by atoms with Gasteiger partial charge in [-0.2, -0.15) is 0 Å². The summed E-state index contributed by atoms with van der Waals surface area (Å²) in [6.07, 6.45) is 13.2. The van der Waals surface area contributed by atoms with Crippen LogP contribution in [0.15, 0.2) is 0 Å². The molecule has 24 heavy (non-hydrogen) atoms. The second-order valence-corrected chi connectivity index (χ2v) is 7.54. The Hall–Kier alpha value is -0.420. The summed E-state index contributed by atoms with van der Waals surface area (Å²) in [6, 6.07) is 0. The number of nitrogens with one attached hydrogen (secondary N) is 1. The van der Waals surface area contributed by atoms with Crippen LogP contribution < -0.4 is 5.32 Å². The van der Waals surface area contributed by atoms with E-state index < -0.39 is 14.1 Å². The van der Waals surface area contributed by atoms with Gasteiger partial charge in [0.15, 0.2) is 0 Å². The third-order valence-corrected chi connectivity index (χ3v) is 4.49. The molecule has 0 aliphatic rings. The van der Waals surface area contributed by atoms with Gasteiger partial charge in [-0.05, 0) is 12.8 Å². The van der Waals surface area contributed by atoms with Crippen LogP contribution in [0, 0.1) is 0 Å². The highest BCUT2D eigenvalue weighted by Gasteiger charge is 2.21. The van der Waals surface area contributed by atoms with E-state index in [9.17, 15) is 9.36 Å². The summed E-state index contributed by atoms with van der Waals surface area (Å²) in [5, 5.41) is 2.51. The Morgan fingerprint density at radius 3 is 1.79 bits per heavy atom. The summed E-state index contributed by atoms with van der Waals surface area (Å²) >= 11 is 0. The molecule has 0 aromatic carbocycles. The van der Waals surface area contributed by atoms with Crippen LogP contribution in [0.3, 0.4) is 0 Å². The first kappa shape index (κ1) is 23.6. The first-order chi connectivity index (χ1) is 11.4. The Kier molecular flexibility index (Phi) is 14.6. The van der Waals surface area contributed by atoms with Gasteiger partial charge in [0.05, 0.1) is 0 Å². The average molecular weight is 365 g/mol. The topological polar surface area (TPSA) is 95.9 Å². The molecule has 0 aliphatic carbocycles. The molecule has 3 N–H and O–H groups in total. The van der Waals surface area contributed by atoms with Crippen LogP contribution >= 0.6 is 7.82 Å². The fraction of sp³-hybridized carbons (Fsp3) is 0.941. The summed E-state index contributed by atoms with van der Waals surface area (Å²) in [4.78, 5) is 29.2. The smallest absolute Gasteiger partial charge is 0.330 e. The lowest BCUT2D eigenvalue weighted by atomic mass is 10.1. The largest absolute Gasteiger partial charge is 0.471 e. The van der Waals surface area contributed by atoms with Gasteiger partial charge in [-0.15, -0.1) is 0 Å². The molecule has 0 bridgehead atoms. The number of carbonyl (C=O) groups is 1. The van der Waals surface area contributed by atoms with Crippen molar-refractivity contribution in [3.05, 3.63) is 0 Å². The number of phosphoric ester groups is 1. The van der Waals surface area contributed by atoms with Crippen LogP contribution in [-0.4, -0.2) is 21.9 Å². The van der Waals surface area contributed by atoms with E-state index in [4.69, 9.17) is 9.79 Å². The summed E-state index contributed by atoms with van der Waals surface area (Å²) < 4.78 is 15.3. The first-order valence-corrected chi connectivity index (χ1v) is 10.9. The van der Waals surface area contributed by atoms with Gasteiger partial charge in [-0.3, -0.25) is 9.32 Å². The summed E-state index contributed by atoms with van der Waals surface area (Å²) in [6.45, 7) is 3.93. The Labute approximate surface area is 147 Å². The zero-order chi connectivity index (χ0) is 18.3. The van der Waals surface area contributed by atoms with E-state index >= 15 is 0 Å². The minimum Gasteiger partial charge on any atom is -0.330 e. The summed E-state index contributed by atoms with van der Waals surface area (Å²) in [5.74, 6) is -0.216. The molecule has 1 unspecified atom stereocenters. The van der Waals surface area contributed by atoms with Crippen molar-refractivity contribution < 1.29 is 23.7 Å². The molecule has 144 valence electrons. The van der Waals surface area contributed by atoms with Crippen LogP contribution in [0.2, 0.25) is 0 Å². The van der Waals surface area contributed by atoms with Gasteiger partial charge < -0.3 is 15.1 Å². The minimum atomic E-state index is -4.57. The molecule has 0 spiro atoms. The molecule has 0 fully saturated rings. The van der Waals surface area contributed by atoms with E-state index in [2.05, 4.69) is 16.8 Å². The molecule has 0 saturated carbocycles. The molecule has 0 radical (unpaired) electrons. The van der Waals surface area contributed by atoms with Crippen molar-refractivity contribution in [1.82, 2.24) is 5.32 Å². The molecule has 0 rings (SSSR count). The Morgan fingerprint density at radius 2 is 1.38 bits per heavy atom. The predicted molar refractivity (Wildman–Crippen MR) is 96.4 cm³/mol. The fourth-order valence-corrected chi connectivity index (χ4v) is 3.10. The van der Waals surface area contributed by atoms with Gasteiger partial charge >= 0.3 is 7.82 Å². The lowest BCUT2D eigenvalue weighted by Crippen LogP contribution is -2.35. The Balaban J connectivity index is 3.50. The third-order valence-electron chi connectivity index (χ3n) is 3.96. The lowest BCUT2D eigenvalue weighted by molar-refractivity contribution is -0.123. The monoisotopic (exact) mass is 365 g/mol. The number of unbranched alkanes of at least 4 members (excludes halogenated alkanes) is 10. The van der Waals surface area contributed by atoms with Crippen LogP contribution in [0.4, 0.5) is 0 Å². The van der Waals surface area contributed by atoms with E-state index in [-0.39, 0.29) is 5.91 Å². The van der Waals surface area contributed by atoms with Gasteiger partial charge in [-0.25, -0.2) is 4.57 Å². The van der Waals surface area contributed by atoms with Gasteiger partial charge in [0, 0.05) is 6.42 Å². The van der Waals surface area contributed by atoms with E-state index in [1.807, 2.05) is 0 Å². The van der Waals surface area contributed by atoms with Gasteiger partial charge in [0.1, 0.15) is 6.23 Å². The van der Waals surface area contributed by atoms with Crippen molar-refractivity contribution >= 4 is 13.7 Å². The molecule has 7 heteroatoms.